The van der Waals surface area contributed by atoms with Crippen molar-refractivity contribution in [1.82, 2.24) is 0 Å². The van der Waals surface area contributed by atoms with Gasteiger partial charge in [-0.3, -0.25) is 0 Å². The van der Waals surface area contributed by atoms with E-state index in [-0.39, 0.29) is 0 Å². The van der Waals surface area contributed by atoms with Crippen LogP contribution in [0.4, 0.5) is 11.4 Å². The van der Waals surface area contributed by atoms with Gasteiger partial charge >= 0.3 is 0 Å². The Balaban J connectivity index is 1.02. The monoisotopic (exact) mass is 595 g/mol. The summed E-state index contributed by atoms with van der Waals surface area (Å²) in [5, 5.41) is 6.05. The van der Waals surface area contributed by atoms with E-state index in [1.165, 1.54) is 91.6 Å². The lowest BCUT2D eigenvalue weighted by Gasteiger charge is -2.48. The van der Waals surface area contributed by atoms with Gasteiger partial charge in [0.05, 0.1) is 17.4 Å². The summed E-state index contributed by atoms with van der Waals surface area (Å²) in [6, 6.07) is 21.3. The standard InChI is InChI=1S/C45H41N/c1-2-32-34-6-4-24-15-36-26-9-22-8-23(10-26)12-27(11-22)38(36)18-40(24)43(34)46-42(32)33(3-1)35-7-5-25-16-37-28-13-30-17-31-14-29(21-45(30,31)20-28)39(37)19-41(25)44(35)46/h1-7,15-16,18-19,22-23,26-31,33,42H,8-14,17,20-21H2. The average molecular weight is 596 g/mol. The van der Waals surface area contributed by atoms with Crippen molar-refractivity contribution in [1.29, 1.82) is 0 Å². The first kappa shape index (κ1) is 23.9. The predicted molar refractivity (Wildman–Crippen MR) is 187 cm³/mol. The van der Waals surface area contributed by atoms with Crippen molar-refractivity contribution in [3.8, 4) is 0 Å². The summed E-state index contributed by atoms with van der Waals surface area (Å²) in [4.78, 5) is 2.88. The second-order valence-electron chi connectivity index (χ2n) is 18.2. The van der Waals surface area contributed by atoms with Gasteiger partial charge in [0.15, 0.2) is 0 Å². The third-order valence-electron chi connectivity index (χ3n) is 16.6. The van der Waals surface area contributed by atoms with Crippen molar-refractivity contribution in [2.24, 2.45) is 29.1 Å². The maximum atomic E-state index is 2.88. The number of benzene rings is 4. The molecule has 11 aliphatic rings. The fraction of sp³-hybridized carbons (Fsp3) is 0.467. The highest BCUT2D eigenvalue weighted by Crippen LogP contribution is 2.76. The van der Waals surface area contributed by atoms with Crippen LogP contribution < -0.4 is 4.90 Å². The minimum atomic E-state index is 0.397. The molecule has 4 aromatic rings. The molecule has 1 spiro atoms. The van der Waals surface area contributed by atoms with Crippen LogP contribution in [0.1, 0.15) is 127 Å². The lowest BCUT2D eigenvalue weighted by Crippen LogP contribution is -2.41. The average Bonchev–Trinajstić information content (AvgIpc) is 3.72. The number of fused-ring (bicyclic) bond motifs is 15. The first-order chi connectivity index (χ1) is 22.7. The van der Waals surface area contributed by atoms with Crippen LogP contribution in [0.15, 0.2) is 66.8 Å². The van der Waals surface area contributed by atoms with Crippen LogP contribution in [0.25, 0.3) is 27.1 Å². The maximum Gasteiger partial charge on any atom is 0.0702 e. The van der Waals surface area contributed by atoms with E-state index in [1.807, 2.05) is 0 Å². The zero-order valence-corrected chi connectivity index (χ0v) is 26.6. The summed E-state index contributed by atoms with van der Waals surface area (Å²) in [5.41, 5.74) is 15.4. The van der Waals surface area contributed by atoms with Gasteiger partial charge in [0.1, 0.15) is 0 Å². The number of nitrogens with zero attached hydrogens (tertiary/aromatic N) is 1. The Kier molecular flexibility index (Phi) is 3.92. The van der Waals surface area contributed by atoms with Crippen LogP contribution in [-0.4, -0.2) is 6.04 Å². The molecule has 5 fully saturated rings. The summed E-state index contributed by atoms with van der Waals surface area (Å²) in [5.74, 6) is 7.60. The second kappa shape index (κ2) is 7.53. The van der Waals surface area contributed by atoms with E-state index in [1.54, 1.807) is 44.5 Å². The SMILES string of the molecule is C1=CC2c3ccc4cc5c(cc4c3N3c4c(ccc6cc7c(cc46)C4CC6CC(CC7C6)C4)C(=C1)C23)C1CC2CC3CC5CC32C1. The van der Waals surface area contributed by atoms with Crippen molar-refractivity contribution in [3.05, 3.63) is 100 Å². The van der Waals surface area contributed by atoms with Gasteiger partial charge in [0, 0.05) is 22.3 Å². The molecule has 2 heterocycles. The van der Waals surface area contributed by atoms with Gasteiger partial charge in [-0.1, -0.05) is 54.6 Å². The summed E-state index contributed by atoms with van der Waals surface area (Å²) < 4.78 is 0. The molecule has 0 saturated heterocycles. The van der Waals surface area contributed by atoms with Crippen LogP contribution >= 0.6 is 0 Å². The molecule has 2 aliphatic heterocycles. The van der Waals surface area contributed by atoms with E-state index >= 15 is 0 Å². The first-order valence-electron chi connectivity index (χ1n) is 19.1. The molecule has 1 heteroatoms. The molecule has 4 aromatic carbocycles. The predicted octanol–water partition coefficient (Wildman–Crippen LogP) is 11.3. The number of allylic oxidation sites excluding steroid dienone is 2. The molecule has 226 valence electrons. The molecule has 46 heavy (non-hydrogen) atoms. The van der Waals surface area contributed by atoms with Crippen LogP contribution in [0.5, 0.6) is 0 Å². The van der Waals surface area contributed by atoms with E-state index in [9.17, 15) is 0 Å². The zero-order chi connectivity index (χ0) is 29.2. The molecule has 0 amide bonds. The maximum absolute atomic E-state index is 2.88. The van der Waals surface area contributed by atoms with Gasteiger partial charge in [0.25, 0.3) is 0 Å². The van der Waals surface area contributed by atoms with E-state index < -0.39 is 0 Å². The molecule has 0 aromatic heterocycles. The molecule has 7 bridgehead atoms. The summed E-state index contributed by atoms with van der Waals surface area (Å²) in [7, 11) is 0. The molecular weight excluding hydrogens is 555 g/mol. The smallest absolute Gasteiger partial charge is 0.0702 e. The quantitative estimate of drug-likeness (QED) is 0.195. The van der Waals surface area contributed by atoms with Crippen LogP contribution in [0, 0.1) is 29.1 Å². The number of anilines is 2. The Labute approximate surface area is 271 Å². The Morgan fingerprint density at radius 2 is 1.20 bits per heavy atom. The second-order valence-corrected chi connectivity index (χ2v) is 18.2. The fourth-order valence-corrected chi connectivity index (χ4v) is 15.1. The molecule has 15 rings (SSSR count). The van der Waals surface area contributed by atoms with Crippen LogP contribution in [-0.2, 0) is 0 Å². The van der Waals surface area contributed by atoms with Gasteiger partial charge in [0.2, 0.25) is 0 Å². The molecule has 0 N–H and O–H groups in total. The van der Waals surface area contributed by atoms with Crippen LogP contribution in [0.3, 0.4) is 0 Å². The van der Waals surface area contributed by atoms with Gasteiger partial charge < -0.3 is 4.90 Å². The number of rotatable bonds is 0. The summed E-state index contributed by atoms with van der Waals surface area (Å²) in [6.07, 6.45) is 22.1. The Morgan fingerprint density at radius 1 is 0.565 bits per heavy atom. The lowest BCUT2D eigenvalue weighted by atomic mass is 9.56. The Bertz CT molecular complexity index is 2200. The molecule has 0 radical (unpaired) electrons. The Hall–Kier alpha value is -3.32. The van der Waals surface area contributed by atoms with E-state index in [2.05, 4.69) is 71.7 Å². The highest BCUT2D eigenvalue weighted by molar-refractivity contribution is 6.13. The zero-order valence-electron chi connectivity index (χ0n) is 26.6. The topological polar surface area (TPSA) is 3.24 Å². The summed E-state index contributed by atoms with van der Waals surface area (Å²) in [6.45, 7) is 0. The largest absolute Gasteiger partial charge is 0.331 e. The highest BCUT2D eigenvalue weighted by atomic mass is 15.2. The van der Waals surface area contributed by atoms with Gasteiger partial charge in [-0.15, -0.1) is 0 Å². The van der Waals surface area contributed by atoms with E-state index in [0.29, 0.717) is 17.4 Å². The van der Waals surface area contributed by atoms with Crippen LogP contribution in [0.2, 0.25) is 0 Å². The van der Waals surface area contributed by atoms with Gasteiger partial charge in [-0.25, -0.2) is 0 Å². The van der Waals surface area contributed by atoms with Crippen molar-refractivity contribution in [2.75, 3.05) is 4.90 Å². The van der Waals surface area contributed by atoms with Crippen molar-refractivity contribution < 1.29 is 0 Å². The molecule has 9 aliphatic carbocycles. The molecule has 9 unspecified atom stereocenters. The van der Waals surface area contributed by atoms with E-state index in [0.717, 1.165) is 47.3 Å². The van der Waals surface area contributed by atoms with Crippen molar-refractivity contribution >= 4 is 38.5 Å². The molecule has 9 atom stereocenters. The molecule has 5 saturated carbocycles. The number of hydrogen-bond acceptors (Lipinski definition) is 1. The van der Waals surface area contributed by atoms with Crippen molar-refractivity contribution in [2.45, 2.75) is 99.8 Å². The Morgan fingerprint density at radius 3 is 1.93 bits per heavy atom. The minimum absolute atomic E-state index is 0.397. The third-order valence-corrected chi connectivity index (χ3v) is 16.6. The fourth-order valence-electron chi connectivity index (χ4n) is 15.1. The lowest BCUT2D eigenvalue weighted by molar-refractivity contribution is 0.00322. The van der Waals surface area contributed by atoms with Crippen molar-refractivity contribution in [3.63, 3.8) is 0 Å². The summed E-state index contributed by atoms with van der Waals surface area (Å²) >= 11 is 0. The van der Waals surface area contributed by atoms with E-state index in [4.69, 9.17) is 0 Å². The minimum Gasteiger partial charge on any atom is -0.331 e. The van der Waals surface area contributed by atoms with Gasteiger partial charge in [-0.2, -0.15) is 0 Å². The molecule has 1 nitrogen and oxygen atoms in total. The normalized spacial score (nSPS) is 41.6. The first-order valence-corrected chi connectivity index (χ1v) is 19.1. The highest BCUT2D eigenvalue weighted by Gasteiger charge is 2.65. The number of hydrogen-bond donors (Lipinski definition) is 0. The molecular formula is C45H41N. The van der Waals surface area contributed by atoms with Gasteiger partial charge in [-0.05, 0) is 173 Å². The third kappa shape index (κ3) is 2.54.